The molecule has 0 aliphatic heterocycles. The first-order chi connectivity index (χ1) is 21.6. The lowest BCUT2D eigenvalue weighted by molar-refractivity contribution is 0.0521. The van der Waals surface area contributed by atoms with Gasteiger partial charge in [0.2, 0.25) is 10.0 Å². The third kappa shape index (κ3) is 7.70. The average Bonchev–Trinajstić information content (AvgIpc) is 3.79. The second-order valence-corrected chi connectivity index (χ2v) is 12.8. The number of anilines is 1. The first-order valence-corrected chi connectivity index (χ1v) is 16.5. The summed E-state index contributed by atoms with van der Waals surface area (Å²) < 4.78 is 58.5. The van der Waals surface area contributed by atoms with Crippen molar-refractivity contribution >= 4 is 38.6 Å². The van der Waals surface area contributed by atoms with Gasteiger partial charge in [0.1, 0.15) is 17.2 Å². The summed E-state index contributed by atoms with van der Waals surface area (Å²) in [7, 11) is -2.20. The Labute approximate surface area is 260 Å². The number of nitrogens with zero attached hydrogens (tertiary/aromatic N) is 1. The Kier molecular flexibility index (Phi) is 9.86. The molecule has 3 aromatic carbocycles. The molecule has 1 fully saturated rings. The Morgan fingerprint density at radius 3 is 2.38 bits per heavy atom. The van der Waals surface area contributed by atoms with Crippen molar-refractivity contribution in [2.75, 3.05) is 50.6 Å². The van der Waals surface area contributed by atoms with Crippen LogP contribution in [0.2, 0.25) is 0 Å². The van der Waals surface area contributed by atoms with Gasteiger partial charge in [-0.05, 0) is 78.8 Å². The molecule has 0 unspecified atom stereocenters. The van der Waals surface area contributed by atoms with E-state index in [0.29, 0.717) is 40.8 Å². The Hall–Kier alpha value is -4.26. The highest BCUT2D eigenvalue weighted by Gasteiger charge is 2.33. The molecule has 238 valence electrons. The number of furan rings is 1. The summed E-state index contributed by atoms with van der Waals surface area (Å²) in [6.45, 7) is 1.09. The van der Waals surface area contributed by atoms with Crippen molar-refractivity contribution in [1.29, 1.82) is 0 Å². The molecule has 0 spiro atoms. The first-order valence-electron chi connectivity index (χ1n) is 14.6. The zero-order chi connectivity index (χ0) is 32.1. The van der Waals surface area contributed by atoms with Gasteiger partial charge in [-0.3, -0.25) is 9.10 Å². The Balaban J connectivity index is 1.29. The molecule has 0 radical (unpaired) electrons. The number of benzene rings is 3. The van der Waals surface area contributed by atoms with Crippen molar-refractivity contribution in [3.8, 4) is 11.3 Å². The molecule has 0 atom stereocenters. The molecule has 4 aromatic rings. The Morgan fingerprint density at radius 1 is 1.02 bits per heavy atom. The molecular formula is C33H35FN2O8S. The van der Waals surface area contributed by atoms with Crippen LogP contribution in [0.25, 0.3) is 22.3 Å². The lowest BCUT2D eigenvalue weighted by Gasteiger charge is -2.25. The van der Waals surface area contributed by atoms with Gasteiger partial charge in [-0.15, -0.1) is 0 Å². The van der Waals surface area contributed by atoms with E-state index in [0.717, 1.165) is 30.2 Å². The number of aromatic carboxylic acids is 1. The smallest absolute Gasteiger partial charge is 0.335 e. The number of carboxylic acids is 1. The number of ether oxygens (including phenoxy) is 2. The summed E-state index contributed by atoms with van der Waals surface area (Å²) in [4.78, 5) is 24.1. The topological polar surface area (TPSA) is 135 Å². The van der Waals surface area contributed by atoms with Gasteiger partial charge in [0, 0.05) is 24.1 Å². The van der Waals surface area contributed by atoms with Crippen LogP contribution in [0.4, 0.5) is 10.1 Å². The largest absolute Gasteiger partial charge is 0.478 e. The summed E-state index contributed by atoms with van der Waals surface area (Å²) in [5.74, 6) is -1.36. The van der Waals surface area contributed by atoms with Gasteiger partial charge in [0.15, 0.2) is 0 Å². The van der Waals surface area contributed by atoms with Gasteiger partial charge in [-0.1, -0.05) is 12.1 Å². The highest BCUT2D eigenvalue weighted by Crippen LogP contribution is 2.48. The number of carbonyl (C=O) groups excluding carboxylic acids is 1. The molecule has 1 saturated carbocycles. The number of nitrogens with one attached hydrogen (secondary N) is 1. The van der Waals surface area contributed by atoms with Crippen LogP contribution in [-0.4, -0.2) is 71.7 Å². The van der Waals surface area contributed by atoms with Crippen LogP contribution < -0.4 is 9.62 Å². The highest BCUT2D eigenvalue weighted by molar-refractivity contribution is 7.92. The standard InChI is InChI=1S/C33H35FN2O8S/c1-35-32(37)30-27-19-26(22-6-7-22)28(20-29(27)44-31(30)23-8-10-25(34)11-9-23)36(45(2,40)41)13-15-43-17-16-42-14-12-21-4-3-5-24(18-21)33(38)39/h3-5,8-11,18-20,22H,6-7,12-17H2,1-2H3,(H,35,37)(H,38,39). The van der Waals surface area contributed by atoms with Gasteiger partial charge in [0.25, 0.3) is 5.91 Å². The van der Waals surface area contributed by atoms with Crippen molar-refractivity contribution in [2.45, 2.75) is 25.2 Å². The van der Waals surface area contributed by atoms with Crippen molar-refractivity contribution in [3.63, 3.8) is 0 Å². The summed E-state index contributed by atoms with van der Waals surface area (Å²) >= 11 is 0. The quantitative estimate of drug-likeness (QED) is 0.169. The minimum atomic E-state index is -3.72. The number of hydrogen-bond acceptors (Lipinski definition) is 7. The summed E-state index contributed by atoms with van der Waals surface area (Å²) in [5, 5.41) is 12.3. The maximum Gasteiger partial charge on any atom is 0.335 e. The minimum absolute atomic E-state index is 0.0554. The molecule has 1 heterocycles. The summed E-state index contributed by atoms with van der Waals surface area (Å²) in [6, 6.07) is 15.8. The lowest BCUT2D eigenvalue weighted by Crippen LogP contribution is -2.34. The number of carbonyl (C=O) groups is 2. The summed E-state index contributed by atoms with van der Waals surface area (Å²) in [6.07, 6.45) is 3.47. The molecule has 1 aliphatic carbocycles. The van der Waals surface area contributed by atoms with Gasteiger partial charge in [-0.25, -0.2) is 17.6 Å². The minimum Gasteiger partial charge on any atom is -0.478 e. The molecule has 10 nitrogen and oxygen atoms in total. The first kappa shape index (κ1) is 32.1. The molecule has 12 heteroatoms. The summed E-state index contributed by atoms with van der Waals surface area (Å²) in [5.41, 5.74) is 3.51. The number of sulfonamides is 1. The van der Waals surface area contributed by atoms with Gasteiger partial charge in [0.05, 0.1) is 56.0 Å². The number of halogens is 1. The molecule has 1 amide bonds. The zero-order valence-electron chi connectivity index (χ0n) is 25.0. The monoisotopic (exact) mass is 638 g/mol. The fraction of sp³-hybridized carbons (Fsp3) is 0.333. The number of hydrogen-bond donors (Lipinski definition) is 2. The fourth-order valence-corrected chi connectivity index (χ4v) is 6.15. The maximum absolute atomic E-state index is 13.6. The van der Waals surface area contributed by atoms with E-state index in [1.54, 1.807) is 18.2 Å². The van der Waals surface area contributed by atoms with Crippen LogP contribution >= 0.6 is 0 Å². The van der Waals surface area contributed by atoms with Crippen LogP contribution in [0.1, 0.15) is 50.6 Å². The van der Waals surface area contributed by atoms with E-state index in [9.17, 15) is 22.4 Å². The van der Waals surface area contributed by atoms with Crippen molar-refractivity contribution in [3.05, 3.63) is 88.7 Å². The van der Waals surface area contributed by atoms with E-state index in [-0.39, 0.29) is 49.5 Å². The second-order valence-electron chi connectivity index (χ2n) is 10.9. The molecule has 1 aliphatic rings. The van der Waals surface area contributed by atoms with Crippen LogP contribution in [0.5, 0.6) is 0 Å². The van der Waals surface area contributed by atoms with E-state index in [2.05, 4.69) is 5.32 Å². The number of fused-ring (bicyclic) bond motifs is 1. The Morgan fingerprint density at radius 2 is 1.73 bits per heavy atom. The molecule has 2 N–H and O–H groups in total. The second kappa shape index (κ2) is 13.8. The van der Waals surface area contributed by atoms with Crippen LogP contribution in [0.15, 0.2) is 65.1 Å². The van der Waals surface area contributed by atoms with Crippen molar-refractivity contribution in [1.82, 2.24) is 5.32 Å². The molecule has 1 aromatic heterocycles. The van der Waals surface area contributed by atoms with E-state index in [1.165, 1.54) is 41.7 Å². The Bertz CT molecular complexity index is 1800. The normalized spacial score (nSPS) is 13.2. The maximum atomic E-state index is 13.6. The van der Waals surface area contributed by atoms with Crippen LogP contribution in [0, 0.1) is 5.82 Å². The third-order valence-corrected chi connectivity index (χ3v) is 8.78. The SMILES string of the molecule is CNC(=O)c1c(-c2ccc(F)cc2)oc2cc(N(CCOCCOCCc3cccc(C(=O)O)c3)S(C)(=O)=O)c(C3CC3)cc12. The average molecular weight is 639 g/mol. The molecular weight excluding hydrogens is 603 g/mol. The number of carboxylic acid groups (broad SMARTS) is 1. The molecule has 0 bridgehead atoms. The number of rotatable bonds is 15. The van der Waals surface area contributed by atoms with Gasteiger partial charge >= 0.3 is 5.97 Å². The predicted molar refractivity (Wildman–Crippen MR) is 168 cm³/mol. The van der Waals surface area contributed by atoms with E-state index in [1.807, 2.05) is 12.1 Å². The number of amides is 1. The lowest BCUT2D eigenvalue weighted by atomic mass is 10.0. The molecule has 0 saturated heterocycles. The van der Waals surface area contributed by atoms with Crippen LogP contribution in [0.3, 0.4) is 0 Å². The molecule has 45 heavy (non-hydrogen) atoms. The highest BCUT2D eigenvalue weighted by atomic mass is 32.2. The van der Waals surface area contributed by atoms with Crippen molar-refractivity contribution in [2.24, 2.45) is 0 Å². The van der Waals surface area contributed by atoms with Gasteiger partial charge < -0.3 is 24.3 Å². The molecule has 5 rings (SSSR count). The fourth-order valence-electron chi connectivity index (χ4n) is 5.23. The van der Waals surface area contributed by atoms with E-state index < -0.39 is 21.8 Å². The zero-order valence-corrected chi connectivity index (χ0v) is 25.9. The van der Waals surface area contributed by atoms with Crippen molar-refractivity contribution < 1.29 is 41.4 Å². The van der Waals surface area contributed by atoms with Crippen LogP contribution in [-0.2, 0) is 25.9 Å². The predicted octanol–water partition coefficient (Wildman–Crippen LogP) is 5.22. The van der Waals surface area contributed by atoms with E-state index in [4.69, 9.17) is 19.0 Å². The van der Waals surface area contributed by atoms with E-state index >= 15 is 0 Å². The van der Waals surface area contributed by atoms with Gasteiger partial charge in [-0.2, -0.15) is 0 Å². The third-order valence-electron chi connectivity index (χ3n) is 7.60.